The number of nitrogens with zero attached hydrogens (tertiary/aromatic N) is 9. The molecule has 0 saturated carbocycles. The second-order valence-electron chi connectivity index (χ2n) is 24.6. The van der Waals surface area contributed by atoms with Crippen molar-refractivity contribution in [2.45, 2.75) is 126 Å². The molecule has 12 heterocycles. The van der Waals surface area contributed by atoms with E-state index in [1.54, 1.807) is 78.5 Å². The molecule has 8 N–H and O–H groups in total. The third-order valence-corrected chi connectivity index (χ3v) is 27.0. The molecule has 0 spiro atoms. The number of carbonyl (C=O) groups is 2. The van der Waals surface area contributed by atoms with E-state index in [1.807, 2.05) is 32.0 Å². The number of aryl methyl sites for hydroxylation is 2. The molecule has 0 aromatic carbocycles. The Balaban J connectivity index is 0.000000218. The molecule has 6 atom stereocenters. The molecule has 12 rings (SSSR count). The minimum absolute atomic E-state index is 0. The van der Waals surface area contributed by atoms with E-state index in [4.69, 9.17) is 84.0 Å². The minimum atomic E-state index is -4.02. The summed E-state index contributed by atoms with van der Waals surface area (Å²) in [6.07, 6.45) is 9.26. The van der Waals surface area contributed by atoms with Crippen molar-refractivity contribution in [1.82, 2.24) is 38.5 Å². The molecule has 0 radical (unpaired) electrons. The van der Waals surface area contributed by atoms with Crippen molar-refractivity contribution < 1.29 is 78.8 Å². The maximum atomic E-state index is 13.4. The molecule has 3 fully saturated rings. The van der Waals surface area contributed by atoms with Gasteiger partial charge >= 0.3 is 82.5 Å². The van der Waals surface area contributed by atoms with E-state index in [1.165, 1.54) is 144 Å². The van der Waals surface area contributed by atoms with E-state index in [0.717, 1.165) is 48.7 Å². The predicted octanol–water partition coefficient (Wildman–Crippen LogP) is 7.25. The van der Waals surface area contributed by atoms with E-state index < -0.39 is 93.5 Å². The second-order valence-corrected chi connectivity index (χ2v) is 36.4. The Morgan fingerprint density at radius 2 is 0.990 bits per heavy atom. The molecule has 6 aromatic heterocycles. The van der Waals surface area contributed by atoms with Crippen molar-refractivity contribution in [2.75, 3.05) is 48.1 Å². The van der Waals surface area contributed by atoms with Crippen LogP contribution in [0.3, 0.4) is 0 Å². The van der Waals surface area contributed by atoms with Gasteiger partial charge in [0.1, 0.15) is 33.6 Å². The number of alkyl carbamates (subject to hydrolysis) is 2. The topological polar surface area (TPSA) is 399 Å². The number of methoxy groups -OCH3 is 1. The number of hydrogen-bond acceptors (Lipinski definition) is 26. The number of sulfonamides is 3. The summed E-state index contributed by atoms with van der Waals surface area (Å²) in [6.45, 7) is 14.8. The first kappa shape index (κ1) is 87.3. The first-order valence-electron chi connectivity index (χ1n) is 30.3. The fourth-order valence-corrected chi connectivity index (χ4v) is 21.6. The number of halogens is 4. The molecular formula is C59H75BBrCl3K2N12O17S6. The van der Waals surface area contributed by atoms with Crippen LogP contribution >= 0.6 is 84.7 Å². The van der Waals surface area contributed by atoms with E-state index in [-0.39, 0.29) is 57.0 Å². The molecule has 3 saturated heterocycles. The van der Waals surface area contributed by atoms with Crippen LogP contribution in [0.4, 0.5) is 9.59 Å². The van der Waals surface area contributed by atoms with Crippen molar-refractivity contribution in [3.8, 4) is 26.6 Å². The van der Waals surface area contributed by atoms with Gasteiger partial charge < -0.3 is 49.7 Å². The van der Waals surface area contributed by atoms with Gasteiger partial charge in [0.2, 0.25) is 34.2 Å². The Morgan fingerprint density at radius 1 is 0.624 bits per heavy atom. The Labute approximate surface area is 668 Å². The number of hydrogen-bond donors (Lipinski definition) is 5. The summed E-state index contributed by atoms with van der Waals surface area (Å²) in [6, 6.07) is 10.8. The van der Waals surface area contributed by atoms with Gasteiger partial charge in [0.15, 0.2) is 0 Å². The Bertz CT molecular complexity index is 4480. The fourth-order valence-electron chi connectivity index (χ4n) is 10.8. The van der Waals surface area contributed by atoms with Crippen molar-refractivity contribution in [2.24, 2.45) is 20.7 Å². The van der Waals surface area contributed by atoms with E-state index in [9.17, 15) is 34.8 Å². The molecule has 0 bridgehead atoms. The average Bonchev–Trinajstić information content (AvgIpc) is 1.63. The van der Waals surface area contributed by atoms with Crippen LogP contribution in [-0.4, -0.2) is 245 Å². The number of rotatable bonds is 7. The number of ether oxygens (including phenoxy) is 6. The number of amides is 2. The molecule has 3 unspecified atom stereocenters. The summed E-state index contributed by atoms with van der Waals surface area (Å²) in [5.41, 5.74) is 1.27. The van der Waals surface area contributed by atoms with Gasteiger partial charge in [-0.1, -0.05) is 42.2 Å². The van der Waals surface area contributed by atoms with Crippen LogP contribution in [0.25, 0.3) is 20.9 Å². The predicted molar refractivity (Wildman–Crippen MR) is 397 cm³/mol. The number of thiophene rings is 3. The van der Waals surface area contributed by atoms with E-state index in [2.05, 4.69) is 51.5 Å². The van der Waals surface area contributed by atoms with Crippen molar-refractivity contribution in [3.05, 3.63) is 118 Å². The third kappa shape index (κ3) is 19.1. The second kappa shape index (κ2) is 34.7. The van der Waals surface area contributed by atoms with Gasteiger partial charge in [-0.2, -0.15) is 0 Å². The summed E-state index contributed by atoms with van der Waals surface area (Å²) < 4.78 is 114. The molecule has 6 aromatic rings. The zero-order chi connectivity index (χ0) is 73.3. The van der Waals surface area contributed by atoms with Gasteiger partial charge in [0.05, 0.1) is 66.6 Å². The van der Waals surface area contributed by atoms with Gasteiger partial charge in [-0.25, -0.2) is 62.7 Å². The summed E-state index contributed by atoms with van der Waals surface area (Å²) in [5, 5.41) is 23.6. The number of fused-ring (bicyclic) bond motifs is 3. The summed E-state index contributed by atoms with van der Waals surface area (Å²) in [4.78, 5) is 54.1. The maximum absolute atomic E-state index is 13.4. The van der Waals surface area contributed by atoms with Crippen molar-refractivity contribution in [1.29, 1.82) is 0 Å². The Kier molecular flexibility index (Phi) is 30.0. The van der Waals surface area contributed by atoms with Crippen LogP contribution in [0.2, 0.25) is 15.1 Å². The van der Waals surface area contributed by atoms with Crippen LogP contribution in [0.15, 0.2) is 92.3 Å². The molecule has 29 nitrogen and oxygen atoms in total. The summed E-state index contributed by atoms with van der Waals surface area (Å²) in [7, 11) is -7.75. The Hall–Kier alpha value is -2.60. The average molecular weight is 1690 g/mol. The molecule has 101 heavy (non-hydrogen) atoms. The van der Waals surface area contributed by atoms with Gasteiger partial charge in [-0.15, -0.1) is 34.0 Å². The van der Waals surface area contributed by atoms with E-state index in [0.29, 0.717) is 53.8 Å². The molecule has 2 amide bonds. The number of aliphatic imine (C=N–C) groups is 3. The quantitative estimate of drug-likeness (QED) is 0.0982. The monoisotopic (exact) mass is 1690 g/mol. The number of nitrogens with two attached hydrogens (primary N) is 1. The molecule has 6 aliphatic heterocycles. The molecule has 42 heteroatoms. The summed E-state index contributed by atoms with van der Waals surface area (Å²) >= 11 is 29.4. The molecule has 6 aliphatic rings. The fraction of sp³-hybridized carbons (Fsp3) is 0.458. The molecule has 542 valence electrons. The number of guanidine groups is 3. The number of pyridine rings is 3. The number of carbonyl (C=O) groups excluding carboxylic acids is 2. The number of nitrogens with one attached hydrogen (secondary N) is 2. The van der Waals surface area contributed by atoms with Crippen LogP contribution in [0, 0.1) is 13.8 Å². The zero-order valence-electron chi connectivity index (χ0n) is 56.7. The van der Waals surface area contributed by atoms with Crippen LogP contribution in [0.1, 0.15) is 94.0 Å². The summed E-state index contributed by atoms with van der Waals surface area (Å²) in [5.74, 6) is 0.173. The third-order valence-electron chi connectivity index (χ3n) is 15.3. The van der Waals surface area contributed by atoms with Crippen LogP contribution in [0.5, 0.6) is 5.75 Å². The van der Waals surface area contributed by atoms with E-state index >= 15 is 0 Å². The van der Waals surface area contributed by atoms with Gasteiger partial charge in [0, 0.05) is 97.7 Å². The van der Waals surface area contributed by atoms with Crippen LogP contribution in [-0.2, 0) is 70.4 Å². The number of aromatic nitrogens is 3. The van der Waals surface area contributed by atoms with Gasteiger partial charge in [0.25, 0.3) is 30.1 Å². The van der Waals surface area contributed by atoms with Crippen molar-refractivity contribution in [3.63, 3.8) is 0 Å². The van der Waals surface area contributed by atoms with Gasteiger partial charge in [-0.05, 0) is 119 Å². The first-order chi connectivity index (χ1) is 46.2. The zero-order valence-corrected chi connectivity index (χ0v) is 71.7. The molecule has 0 aliphatic carbocycles. The Morgan fingerprint density at radius 3 is 1.35 bits per heavy atom. The normalized spacial score (nSPS) is 23.3. The standard InChI is InChI=1S/C21H25ClN4O5S2.C16H17ClN4O3S2.C15H19BrClN3O5S2.C6H8BNO3.CH4.2K.H2O/c1-12-8-13(11-23-10-12)15-9-14(22)16(32-15)21-6-7-30-17(21)33(28,29)26(5)18(25-21)24-19(27)31-20(2,3)4;1-9-5-10(8-19-7-9)12-6-11(17)13(25-12)16-3-4-24-14(16)26(22,23)21(2)15(18)20-16;1-14(2,3)25-13(21)18-12-19-15(10-8(17)7-9(16)26-10)5-6-24-11(15)27(22,23)20(12)4;1-11-6-2-5(7(9)10)3-8-4-6;;;;/h8-11,17H,6-7H2,1-5H3,(H,24,25,27);5-8,14H,3-4H2,1-2H3,(H2,18,20);7,11H,5-6H2,1-4H3,(H,18,19,21);2-4,9-10H,1H3;1H4;;;1H2/t17?,21-;14?,16-;11?,15-;;;;;/m111...../s1. The SMILES string of the molecule is C.CN1C(NC(=O)OC(C)(C)C)=N[C@@]2(c3sc(Br)cc3Cl)CCOC2S1(=O)=O.COc1cncc(B(O)O)c1.Cc1cncc(-c2cc(Cl)c([C@]34CCOC3S(=O)(=O)N(C)C(N)=N4)s2)c1.Cc1cncc(-c2cc(Cl)c([C@]34CCOC3S(=O)(=O)N(C)C(NC(=O)OC(C)(C)C)=N4)s2)c1.O.[K][K]. The van der Waals surface area contributed by atoms with Crippen LogP contribution < -0.4 is 26.6 Å². The molecular weight excluding hydrogens is 1620 g/mol. The van der Waals surface area contributed by atoms with Gasteiger partial charge in [-0.3, -0.25) is 25.6 Å². The van der Waals surface area contributed by atoms with Crippen molar-refractivity contribution >= 4 is 221 Å². The first-order valence-corrected chi connectivity index (χ1v) is 55.2.